The van der Waals surface area contributed by atoms with Gasteiger partial charge in [-0.1, -0.05) is 13.8 Å². The second-order valence-corrected chi connectivity index (χ2v) is 7.48. The SMILES string of the molecule is CC1CCC(N2CCCC2C2CCCNC2)CC1C. The lowest BCUT2D eigenvalue weighted by Gasteiger charge is -2.43. The molecule has 1 N–H and O–H groups in total. The third-order valence-electron chi connectivity index (χ3n) is 6.26. The summed E-state index contributed by atoms with van der Waals surface area (Å²) in [5.74, 6) is 2.82. The summed E-state index contributed by atoms with van der Waals surface area (Å²) in [5, 5.41) is 3.62. The average molecular weight is 264 g/mol. The van der Waals surface area contributed by atoms with Gasteiger partial charge in [-0.2, -0.15) is 0 Å². The minimum atomic E-state index is 0.901. The van der Waals surface area contributed by atoms with Crippen LogP contribution in [0.15, 0.2) is 0 Å². The molecule has 1 aliphatic carbocycles. The van der Waals surface area contributed by atoms with Gasteiger partial charge in [0.1, 0.15) is 0 Å². The summed E-state index contributed by atoms with van der Waals surface area (Å²) in [6, 6.07) is 1.80. The van der Waals surface area contributed by atoms with E-state index in [1.165, 1.54) is 64.6 Å². The first kappa shape index (κ1) is 13.9. The van der Waals surface area contributed by atoms with Crippen molar-refractivity contribution in [2.75, 3.05) is 19.6 Å². The van der Waals surface area contributed by atoms with E-state index in [1.54, 1.807) is 0 Å². The Morgan fingerprint density at radius 1 is 0.947 bits per heavy atom. The van der Waals surface area contributed by atoms with Gasteiger partial charge in [0.25, 0.3) is 0 Å². The minimum absolute atomic E-state index is 0.901. The fourth-order valence-corrected chi connectivity index (χ4v) is 4.80. The van der Waals surface area contributed by atoms with E-state index in [0.717, 1.165) is 29.8 Å². The standard InChI is InChI=1S/C17H32N2/c1-13-7-8-16(11-14(13)2)19-10-4-6-17(19)15-5-3-9-18-12-15/h13-18H,3-12H2,1-2H3. The van der Waals surface area contributed by atoms with Crippen molar-refractivity contribution in [1.29, 1.82) is 0 Å². The van der Waals surface area contributed by atoms with Crippen molar-refractivity contribution in [3.8, 4) is 0 Å². The Labute approximate surface area is 119 Å². The first-order chi connectivity index (χ1) is 9.25. The Balaban J connectivity index is 1.62. The molecule has 2 aliphatic heterocycles. The van der Waals surface area contributed by atoms with Crippen LogP contribution in [-0.2, 0) is 0 Å². The predicted molar refractivity (Wildman–Crippen MR) is 81.3 cm³/mol. The van der Waals surface area contributed by atoms with Crippen LogP contribution in [0.3, 0.4) is 0 Å². The molecule has 0 radical (unpaired) electrons. The number of hydrogen-bond donors (Lipinski definition) is 1. The Morgan fingerprint density at radius 3 is 2.58 bits per heavy atom. The molecular formula is C17H32N2. The Bertz CT molecular complexity index is 285. The summed E-state index contributed by atoms with van der Waals surface area (Å²) in [5.41, 5.74) is 0. The normalized spacial score (nSPS) is 45.5. The second kappa shape index (κ2) is 6.13. The number of hydrogen-bond acceptors (Lipinski definition) is 2. The van der Waals surface area contributed by atoms with Crippen molar-refractivity contribution in [3.05, 3.63) is 0 Å². The second-order valence-electron chi connectivity index (χ2n) is 7.48. The van der Waals surface area contributed by atoms with Crippen LogP contribution in [0.2, 0.25) is 0 Å². The maximum absolute atomic E-state index is 3.62. The summed E-state index contributed by atoms with van der Waals surface area (Å²) in [6.45, 7) is 8.84. The van der Waals surface area contributed by atoms with Crippen molar-refractivity contribution < 1.29 is 0 Å². The van der Waals surface area contributed by atoms with Crippen molar-refractivity contribution in [3.63, 3.8) is 0 Å². The van der Waals surface area contributed by atoms with Gasteiger partial charge in [0.05, 0.1) is 0 Å². The topological polar surface area (TPSA) is 15.3 Å². The molecule has 0 aromatic heterocycles. The molecule has 5 atom stereocenters. The van der Waals surface area contributed by atoms with Crippen LogP contribution in [0.1, 0.15) is 58.8 Å². The molecule has 3 fully saturated rings. The smallest absolute Gasteiger partial charge is 0.0139 e. The van der Waals surface area contributed by atoms with E-state index in [-0.39, 0.29) is 0 Å². The largest absolute Gasteiger partial charge is 0.316 e. The molecule has 0 aromatic rings. The van der Waals surface area contributed by atoms with Gasteiger partial charge >= 0.3 is 0 Å². The number of nitrogens with zero attached hydrogens (tertiary/aromatic N) is 1. The molecule has 2 nitrogen and oxygen atoms in total. The van der Waals surface area contributed by atoms with E-state index in [9.17, 15) is 0 Å². The third-order valence-corrected chi connectivity index (χ3v) is 6.26. The molecule has 5 unspecified atom stereocenters. The van der Waals surface area contributed by atoms with Crippen molar-refractivity contribution >= 4 is 0 Å². The predicted octanol–water partition coefficient (Wildman–Crippen LogP) is 3.28. The highest BCUT2D eigenvalue weighted by molar-refractivity contribution is 4.93. The summed E-state index contributed by atoms with van der Waals surface area (Å²) in [7, 11) is 0. The highest BCUT2D eigenvalue weighted by Crippen LogP contribution is 2.37. The number of rotatable bonds is 2. The maximum atomic E-state index is 3.62. The average Bonchev–Trinajstić information content (AvgIpc) is 2.92. The molecule has 2 saturated heterocycles. The zero-order valence-corrected chi connectivity index (χ0v) is 12.9. The maximum Gasteiger partial charge on any atom is 0.0139 e. The molecule has 3 aliphatic rings. The van der Waals surface area contributed by atoms with Crippen molar-refractivity contribution in [2.45, 2.75) is 70.9 Å². The molecular weight excluding hydrogens is 232 g/mol. The van der Waals surface area contributed by atoms with E-state index in [1.807, 2.05) is 0 Å². The first-order valence-corrected chi connectivity index (χ1v) is 8.72. The minimum Gasteiger partial charge on any atom is -0.316 e. The van der Waals surface area contributed by atoms with Gasteiger partial charge in [-0.15, -0.1) is 0 Å². The summed E-state index contributed by atoms with van der Waals surface area (Å²) in [4.78, 5) is 2.93. The van der Waals surface area contributed by atoms with Gasteiger partial charge in [-0.3, -0.25) is 4.90 Å². The van der Waals surface area contributed by atoms with Crippen molar-refractivity contribution in [1.82, 2.24) is 10.2 Å². The summed E-state index contributed by atoms with van der Waals surface area (Å²) < 4.78 is 0. The van der Waals surface area contributed by atoms with Gasteiger partial charge < -0.3 is 5.32 Å². The molecule has 2 heterocycles. The van der Waals surface area contributed by atoms with E-state index in [0.29, 0.717) is 0 Å². The quantitative estimate of drug-likeness (QED) is 0.823. The van der Waals surface area contributed by atoms with E-state index >= 15 is 0 Å². The lowest BCUT2D eigenvalue weighted by Crippen LogP contribution is -2.49. The lowest BCUT2D eigenvalue weighted by atomic mass is 9.78. The van der Waals surface area contributed by atoms with Crippen LogP contribution >= 0.6 is 0 Å². The van der Waals surface area contributed by atoms with Crippen LogP contribution in [0.25, 0.3) is 0 Å². The van der Waals surface area contributed by atoms with E-state index in [2.05, 4.69) is 24.1 Å². The van der Waals surface area contributed by atoms with Crippen molar-refractivity contribution in [2.24, 2.45) is 17.8 Å². The molecule has 110 valence electrons. The van der Waals surface area contributed by atoms with Gasteiger partial charge in [0.15, 0.2) is 0 Å². The Hall–Kier alpha value is -0.0800. The van der Waals surface area contributed by atoms with Crippen LogP contribution in [0, 0.1) is 17.8 Å². The summed E-state index contributed by atoms with van der Waals surface area (Å²) >= 11 is 0. The molecule has 2 heteroatoms. The number of likely N-dealkylation sites (tertiary alicyclic amines) is 1. The van der Waals surface area contributed by atoms with Gasteiger partial charge in [0, 0.05) is 12.1 Å². The molecule has 1 saturated carbocycles. The molecule has 0 spiro atoms. The first-order valence-electron chi connectivity index (χ1n) is 8.72. The molecule has 0 bridgehead atoms. The Kier molecular flexibility index (Phi) is 4.48. The highest BCUT2D eigenvalue weighted by atomic mass is 15.2. The third kappa shape index (κ3) is 3.00. The Morgan fingerprint density at radius 2 is 1.84 bits per heavy atom. The van der Waals surface area contributed by atoms with Gasteiger partial charge in [-0.25, -0.2) is 0 Å². The molecule has 0 amide bonds. The fourth-order valence-electron chi connectivity index (χ4n) is 4.80. The number of nitrogens with one attached hydrogen (secondary N) is 1. The zero-order chi connectivity index (χ0) is 13.2. The van der Waals surface area contributed by atoms with Gasteiger partial charge in [-0.05, 0) is 82.3 Å². The monoisotopic (exact) mass is 264 g/mol. The van der Waals surface area contributed by atoms with Crippen LogP contribution < -0.4 is 5.32 Å². The van der Waals surface area contributed by atoms with Crippen LogP contribution in [-0.4, -0.2) is 36.6 Å². The van der Waals surface area contributed by atoms with Crippen LogP contribution in [0.5, 0.6) is 0 Å². The zero-order valence-electron chi connectivity index (χ0n) is 12.9. The fraction of sp³-hybridized carbons (Fsp3) is 1.00. The van der Waals surface area contributed by atoms with Crippen LogP contribution in [0.4, 0.5) is 0 Å². The lowest BCUT2D eigenvalue weighted by molar-refractivity contribution is 0.0681. The van der Waals surface area contributed by atoms with E-state index in [4.69, 9.17) is 0 Å². The highest BCUT2D eigenvalue weighted by Gasteiger charge is 2.38. The molecule has 19 heavy (non-hydrogen) atoms. The summed E-state index contributed by atoms with van der Waals surface area (Å²) in [6.07, 6.45) is 10.1. The number of piperidine rings is 1. The van der Waals surface area contributed by atoms with Gasteiger partial charge in [0.2, 0.25) is 0 Å². The molecule has 3 rings (SSSR count). The van der Waals surface area contributed by atoms with E-state index < -0.39 is 0 Å². The molecule has 0 aromatic carbocycles.